The van der Waals surface area contributed by atoms with Crippen LogP contribution in [0, 0.1) is 0 Å². The molecule has 4 aromatic rings. The Kier molecular flexibility index (Phi) is 5.58. The number of aromatic nitrogens is 4. The molecule has 1 saturated carbocycles. The maximum Gasteiger partial charge on any atom is 0.292 e. The Morgan fingerprint density at radius 3 is 2.74 bits per heavy atom. The Morgan fingerprint density at radius 2 is 2.06 bits per heavy atom. The molecule has 3 N–H and O–H groups in total. The van der Waals surface area contributed by atoms with E-state index in [0.717, 1.165) is 19.3 Å². The van der Waals surface area contributed by atoms with E-state index in [9.17, 15) is 9.59 Å². The molecule has 0 radical (unpaired) electrons. The number of rotatable bonds is 7. The number of pyridine rings is 3. The van der Waals surface area contributed by atoms with Gasteiger partial charge < -0.3 is 25.2 Å². The summed E-state index contributed by atoms with van der Waals surface area (Å²) in [7, 11) is 3.26. The number of hydrogen-bond donors (Lipinski definition) is 3. The fourth-order valence-corrected chi connectivity index (χ4v) is 3.70. The van der Waals surface area contributed by atoms with E-state index in [2.05, 4.69) is 31.1 Å². The maximum absolute atomic E-state index is 13.1. The van der Waals surface area contributed by atoms with Crippen molar-refractivity contribution in [2.24, 2.45) is 0 Å². The molecule has 1 amide bonds. The normalized spacial score (nSPS) is 13.4. The number of carbonyl (C=O) groups is 1. The van der Waals surface area contributed by atoms with Crippen LogP contribution in [0.3, 0.4) is 0 Å². The summed E-state index contributed by atoms with van der Waals surface area (Å²) in [6.07, 6.45) is 6.19. The van der Waals surface area contributed by atoms with Crippen molar-refractivity contribution in [3.05, 3.63) is 58.8 Å². The van der Waals surface area contributed by atoms with Crippen molar-refractivity contribution >= 4 is 34.1 Å². The van der Waals surface area contributed by atoms with E-state index in [1.165, 1.54) is 11.7 Å². The van der Waals surface area contributed by atoms with Crippen LogP contribution < -0.4 is 26.2 Å². The Balaban J connectivity index is 1.49. The number of methoxy groups -OCH3 is 1. The van der Waals surface area contributed by atoms with Crippen LogP contribution in [0.4, 0.5) is 17.2 Å². The number of amides is 1. The third-order valence-corrected chi connectivity index (χ3v) is 5.77. The monoisotopic (exact) mass is 461 g/mol. The van der Waals surface area contributed by atoms with E-state index in [-0.39, 0.29) is 23.3 Å². The average Bonchev–Trinajstić information content (AvgIpc) is 3.26. The fraction of sp³-hybridized carbons (Fsp3) is 0.261. The molecule has 4 aromatic heterocycles. The molecule has 11 heteroatoms. The molecule has 1 aliphatic carbocycles. The van der Waals surface area contributed by atoms with Gasteiger partial charge in [-0.2, -0.15) is 0 Å². The minimum absolute atomic E-state index is 0.0387. The minimum atomic E-state index is -0.354. The summed E-state index contributed by atoms with van der Waals surface area (Å²) in [5.41, 5.74) is 1.93. The molecule has 34 heavy (non-hydrogen) atoms. The topological polar surface area (TPSA) is 136 Å². The molecule has 0 bridgehead atoms. The maximum atomic E-state index is 13.1. The number of hydrogen-bond acceptors (Lipinski definition) is 9. The molecule has 1 fully saturated rings. The molecular formula is C23H23N7O4. The second-order valence-corrected chi connectivity index (χ2v) is 7.90. The quantitative estimate of drug-likeness (QED) is 0.379. The molecule has 0 aliphatic heterocycles. The zero-order chi connectivity index (χ0) is 23.7. The number of nitrogens with zero attached hydrogens (tertiary/aromatic N) is 4. The summed E-state index contributed by atoms with van der Waals surface area (Å²) in [6, 6.07) is 8.65. The Bertz CT molecular complexity index is 1410. The number of ether oxygens (including phenoxy) is 1. The van der Waals surface area contributed by atoms with Gasteiger partial charge >= 0.3 is 0 Å². The fourth-order valence-electron chi connectivity index (χ4n) is 3.70. The van der Waals surface area contributed by atoms with Crippen molar-refractivity contribution in [1.29, 1.82) is 0 Å². The van der Waals surface area contributed by atoms with Gasteiger partial charge in [0.2, 0.25) is 11.6 Å². The molecular weight excluding hydrogens is 438 g/mol. The number of nitrogens with one attached hydrogen (secondary N) is 3. The zero-order valence-electron chi connectivity index (χ0n) is 18.7. The highest BCUT2D eigenvalue weighted by Gasteiger charge is 2.26. The minimum Gasteiger partial charge on any atom is -0.481 e. The zero-order valence-corrected chi connectivity index (χ0v) is 18.7. The summed E-state index contributed by atoms with van der Waals surface area (Å²) >= 11 is 0. The van der Waals surface area contributed by atoms with Crippen molar-refractivity contribution in [1.82, 2.24) is 25.0 Å². The molecule has 1 aliphatic rings. The van der Waals surface area contributed by atoms with Crippen LogP contribution >= 0.6 is 0 Å². The molecule has 174 valence electrons. The van der Waals surface area contributed by atoms with E-state index >= 15 is 0 Å². The molecule has 4 heterocycles. The van der Waals surface area contributed by atoms with Crippen molar-refractivity contribution < 1.29 is 14.1 Å². The van der Waals surface area contributed by atoms with Crippen LogP contribution in [0.1, 0.15) is 29.8 Å². The summed E-state index contributed by atoms with van der Waals surface area (Å²) in [4.78, 5) is 34.5. The lowest BCUT2D eigenvalue weighted by molar-refractivity contribution is 0.0881. The summed E-state index contributed by atoms with van der Waals surface area (Å²) in [5, 5.41) is 13.1. The van der Waals surface area contributed by atoms with Crippen LogP contribution in [-0.4, -0.2) is 45.8 Å². The first kappa shape index (κ1) is 21.4. The lowest BCUT2D eigenvalue weighted by Crippen LogP contribution is -2.39. The Labute approximate surface area is 194 Å². The van der Waals surface area contributed by atoms with Gasteiger partial charge in [0, 0.05) is 31.4 Å². The second-order valence-electron chi connectivity index (χ2n) is 7.90. The molecule has 0 aromatic carbocycles. The van der Waals surface area contributed by atoms with Crippen LogP contribution in [0.5, 0.6) is 5.88 Å². The number of carbonyl (C=O) groups excluding carboxylic acids is 1. The summed E-state index contributed by atoms with van der Waals surface area (Å²) in [6.45, 7) is 0. The van der Waals surface area contributed by atoms with Crippen molar-refractivity contribution in [2.45, 2.75) is 25.3 Å². The van der Waals surface area contributed by atoms with Crippen molar-refractivity contribution in [2.75, 3.05) is 24.8 Å². The standard InChI is InChI=1S/C23H23N7O4/c1-24-16-11-17(28-20-19(16)29-34-21(20)22(31)26-13-5-3-6-13)27-15-7-4-10-30(23(15)32)14-8-9-18(33-2)25-12-14/h4,7-13,24H,3,5-6H2,1-2H3,(H,26,31)(H,27,28). The largest absolute Gasteiger partial charge is 0.481 e. The highest BCUT2D eigenvalue weighted by Crippen LogP contribution is 2.28. The third kappa shape index (κ3) is 3.91. The molecule has 0 unspecified atom stereocenters. The molecule has 11 nitrogen and oxygen atoms in total. The van der Waals surface area contributed by atoms with E-state index in [4.69, 9.17) is 9.26 Å². The third-order valence-electron chi connectivity index (χ3n) is 5.77. The highest BCUT2D eigenvalue weighted by atomic mass is 16.5. The lowest BCUT2D eigenvalue weighted by atomic mass is 9.93. The van der Waals surface area contributed by atoms with Gasteiger partial charge in [0.25, 0.3) is 11.5 Å². The first-order chi connectivity index (χ1) is 16.6. The van der Waals surface area contributed by atoms with Gasteiger partial charge in [0.05, 0.1) is 24.7 Å². The van der Waals surface area contributed by atoms with Gasteiger partial charge in [-0.1, -0.05) is 5.16 Å². The highest BCUT2D eigenvalue weighted by molar-refractivity contribution is 6.05. The van der Waals surface area contributed by atoms with Crippen LogP contribution in [0.25, 0.3) is 16.7 Å². The first-order valence-corrected chi connectivity index (χ1v) is 10.9. The van der Waals surface area contributed by atoms with E-state index < -0.39 is 0 Å². The Hall–Kier alpha value is -4.41. The van der Waals surface area contributed by atoms with Gasteiger partial charge in [-0.05, 0) is 37.5 Å². The lowest BCUT2D eigenvalue weighted by Gasteiger charge is -2.25. The SMILES string of the molecule is CNc1cc(Nc2cccn(-c3ccc(OC)nc3)c2=O)nc2c(C(=O)NC3CCC3)onc12. The molecule has 0 saturated heterocycles. The average molecular weight is 461 g/mol. The van der Waals surface area contributed by atoms with E-state index in [1.54, 1.807) is 49.8 Å². The summed E-state index contributed by atoms with van der Waals surface area (Å²) < 4.78 is 11.9. The Morgan fingerprint density at radius 1 is 1.21 bits per heavy atom. The van der Waals surface area contributed by atoms with Crippen molar-refractivity contribution in [3.63, 3.8) is 0 Å². The molecule has 0 spiro atoms. The molecule has 5 rings (SSSR count). The van der Waals surface area contributed by atoms with Crippen LogP contribution in [-0.2, 0) is 0 Å². The first-order valence-electron chi connectivity index (χ1n) is 10.9. The number of fused-ring (bicyclic) bond motifs is 1. The molecule has 0 atom stereocenters. The van der Waals surface area contributed by atoms with Gasteiger partial charge in [-0.25, -0.2) is 9.97 Å². The van der Waals surface area contributed by atoms with Crippen LogP contribution in [0.15, 0.2) is 52.0 Å². The van der Waals surface area contributed by atoms with Gasteiger partial charge in [0.1, 0.15) is 17.0 Å². The number of anilines is 3. The second kappa shape index (κ2) is 8.85. The predicted octanol–water partition coefficient (Wildman–Crippen LogP) is 2.84. The van der Waals surface area contributed by atoms with Gasteiger partial charge in [0.15, 0.2) is 5.52 Å². The van der Waals surface area contributed by atoms with E-state index in [1.807, 2.05) is 0 Å². The van der Waals surface area contributed by atoms with E-state index in [0.29, 0.717) is 39.8 Å². The summed E-state index contributed by atoms with van der Waals surface area (Å²) in [5.74, 6) is 0.499. The van der Waals surface area contributed by atoms with Gasteiger partial charge in [-0.3, -0.25) is 14.2 Å². The van der Waals surface area contributed by atoms with Gasteiger partial charge in [-0.15, -0.1) is 0 Å². The smallest absolute Gasteiger partial charge is 0.292 e. The van der Waals surface area contributed by atoms with Crippen LogP contribution in [0.2, 0.25) is 0 Å². The predicted molar refractivity (Wildman–Crippen MR) is 126 cm³/mol. The van der Waals surface area contributed by atoms with Crippen molar-refractivity contribution in [3.8, 4) is 11.6 Å².